The van der Waals surface area contributed by atoms with Crippen molar-refractivity contribution in [3.63, 3.8) is 0 Å². The SMILES string of the molecule is O=C(Cc1ccccc1C(=O)O)NC1CCCCCC1O. The number of hydrogen-bond donors (Lipinski definition) is 3. The highest BCUT2D eigenvalue weighted by atomic mass is 16.4. The highest BCUT2D eigenvalue weighted by Crippen LogP contribution is 2.18. The van der Waals surface area contributed by atoms with E-state index in [0.29, 0.717) is 12.0 Å². The van der Waals surface area contributed by atoms with Gasteiger partial charge in [-0.2, -0.15) is 0 Å². The number of benzene rings is 1. The van der Waals surface area contributed by atoms with Crippen molar-refractivity contribution in [3.8, 4) is 0 Å². The second kappa shape index (κ2) is 7.22. The molecule has 0 heterocycles. The summed E-state index contributed by atoms with van der Waals surface area (Å²) in [6.07, 6.45) is 4.04. The number of nitrogens with one attached hydrogen (secondary N) is 1. The van der Waals surface area contributed by atoms with Crippen LogP contribution in [0.1, 0.15) is 48.0 Å². The molecule has 1 saturated carbocycles. The van der Waals surface area contributed by atoms with Crippen LogP contribution in [0.4, 0.5) is 0 Å². The predicted molar refractivity (Wildman–Crippen MR) is 78.1 cm³/mol. The maximum absolute atomic E-state index is 12.1. The Morgan fingerprint density at radius 2 is 1.86 bits per heavy atom. The van der Waals surface area contributed by atoms with Crippen molar-refractivity contribution in [2.24, 2.45) is 0 Å². The second-order valence-electron chi connectivity index (χ2n) is 5.52. The smallest absolute Gasteiger partial charge is 0.335 e. The van der Waals surface area contributed by atoms with Crippen LogP contribution in [0.5, 0.6) is 0 Å². The summed E-state index contributed by atoms with van der Waals surface area (Å²) in [6, 6.07) is 6.27. The Balaban J connectivity index is 2.00. The van der Waals surface area contributed by atoms with Crippen molar-refractivity contribution >= 4 is 11.9 Å². The van der Waals surface area contributed by atoms with E-state index in [-0.39, 0.29) is 23.9 Å². The summed E-state index contributed by atoms with van der Waals surface area (Å²) in [4.78, 5) is 23.2. The molecule has 1 aromatic carbocycles. The van der Waals surface area contributed by atoms with Crippen molar-refractivity contribution < 1.29 is 19.8 Å². The zero-order valence-corrected chi connectivity index (χ0v) is 11.9. The summed E-state index contributed by atoms with van der Waals surface area (Å²) < 4.78 is 0. The van der Waals surface area contributed by atoms with Crippen LogP contribution in [0.3, 0.4) is 0 Å². The monoisotopic (exact) mass is 291 g/mol. The van der Waals surface area contributed by atoms with Crippen LogP contribution < -0.4 is 5.32 Å². The van der Waals surface area contributed by atoms with Gasteiger partial charge in [-0.25, -0.2) is 4.79 Å². The van der Waals surface area contributed by atoms with Gasteiger partial charge in [0, 0.05) is 0 Å². The van der Waals surface area contributed by atoms with E-state index >= 15 is 0 Å². The molecule has 3 N–H and O–H groups in total. The summed E-state index contributed by atoms with van der Waals surface area (Å²) in [5.41, 5.74) is 0.639. The first kappa shape index (κ1) is 15.5. The normalized spacial score (nSPS) is 22.3. The fraction of sp³-hybridized carbons (Fsp3) is 0.500. The Labute approximate surface area is 124 Å². The molecule has 2 rings (SSSR count). The third-order valence-corrected chi connectivity index (χ3v) is 3.92. The lowest BCUT2D eigenvalue weighted by molar-refractivity contribution is -0.122. The van der Waals surface area contributed by atoms with E-state index in [1.807, 2.05) is 0 Å². The van der Waals surface area contributed by atoms with E-state index < -0.39 is 12.1 Å². The molecule has 1 aliphatic rings. The third kappa shape index (κ3) is 4.29. The average Bonchev–Trinajstić information content (AvgIpc) is 2.64. The van der Waals surface area contributed by atoms with Crippen LogP contribution >= 0.6 is 0 Å². The maximum Gasteiger partial charge on any atom is 0.335 e. The molecule has 21 heavy (non-hydrogen) atoms. The van der Waals surface area contributed by atoms with E-state index in [2.05, 4.69) is 5.32 Å². The van der Waals surface area contributed by atoms with Gasteiger partial charge in [-0.1, -0.05) is 37.5 Å². The van der Waals surface area contributed by atoms with Crippen molar-refractivity contribution in [1.29, 1.82) is 0 Å². The lowest BCUT2D eigenvalue weighted by Gasteiger charge is -2.22. The lowest BCUT2D eigenvalue weighted by atomic mass is 10.0. The topological polar surface area (TPSA) is 86.6 Å². The minimum Gasteiger partial charge on any atom is -0.478 e. The maximum atomic E-state index is 12.1. The summed E-state index contributed by atoms with van der Waals surface area (Å²) in [6.45, 7) is 0. The number of hydrogen-bond acceptors (Lipinski definition) is 3. The number of carbonyl (C=O) groups excluding carboxylic acids is 1. The highest BCUT2D eigenvalue weighted by molar-refractivity contribution is 5.91. The minimum atomic E-state index is -1.03. The van der Waals surface area contributed by atoms with Gasteiger partial charge in [0.25, 0.3) is 0 Å². The molecule has 5 heteroatoms. The molecule has 1 aromatic rings. The quantitative estimate of drug-likeness (QED) is 0.737. The van der Waals surface area contributed by atoms with Crippen LogP contribution in [0, 0.1) is 0 Å². The molecule has 2 atom stereocenters. The molecule has 1 amide bonds. The number of carboxylic acid groups (broad SMARTS) is 1. The number of amides is 1. The van der Waals surface area contributed by atoms with Crippen LogP contribution in [-0.2, 0) is 11.2 Å². The molecule has 0 spiro atoms. The molecular formula is C16H21NO4. The molecule has 0 bridgehead atoms. The summed E-state index contributed by atoms with van der Waals surface area (Å²) in [5, 5.41) is 21.9. The van der Waals surface area contributed by atoms with Crippen LogP contribution in [0.25, 0.3) is 0 Å². The number of rotatable bonds is 4. The Hall–Kier alpha value is -1.88. The van der Waals surface area contributed by atoms with E-state index in [9.17, 15) is 14.7 Å². The van der Waals surface area contributed by atoms with Crippen molar-refractivity contribution in [3.05, 3.63) is 35.4 Å². The first-order chi connectivity index (χ1) is 10.1. The number of aromatic carboxylic acids is 1. The van der Waals surface area contributed by atoms with Gasteiger partial charge in [-0.3, -0.25) is 4.79 Å². The van der Waals surface area contributed by atoms with Gasteiger partial charge in [-0.15, -0.1) is 0 Å². The van der Waals surface area contributed by atoms with E-state index in [0.717, 1.165) is 25.7 Å². The Kier molecular flexibility index (Phi) is 5.33. The summed E-state index contributed by atoms with van der Waals surface area (Å²) in [7, 11) is 0. The first-order valence-electron chi connectivity index (χ1n) is 7.36. The van der Waals surface area contributed by atoms with Crippen LogP contribution in [0.15, 0.2) is 24.3 Å². The Bertz CT molecular complexity index is 515. The molecule has 114 valence electrons. The van der Waals surface area contributed by atoms with E-state index in [1.54, 1.807) is 18.2 Å². The van der Waals surface area contributed by atoms with E-state index in [1.165, 1.54) is 6.07 Å². The molecule has 1 aliphatic carbocycles. The molecule has 0 saturated heterocycles. The fourth-order valence-corrected chi connectivity index (χ4v) is 2.77. The van der Waals surface area contributed by atoms with Crippen molar-refractivity contribution in [2.45, 2.75) is 50.7 Å². The zero-order valence-electron chi connectivity index (χ0n) is 11.9. The minimum absolute atomic E-state index is 0.0195. The predicted octanol–water partition coefficient (Wildman–Crippen LogP) is 1.74. The van der Waals surface area contributed by atoms with Gasteiger partial charge < -0.3 is 15.5 Å². The number of carboxylic acids is 1. The van der Waals surface area contributed by atoms with Crippen molar-refractivity contribution in [1.82, 2.24) is 5.32 Å². The van der Waals surface area contributed by atoms with E-state index in [4.69, 9.17) is 5.11 Å². The van der Waals surface area contributed by atoms with Gasteiger partial charge in [0.2, 0.25) is 5.91 Å². The molecular weight excluding hydrogens is 270 g/mol. The molecule has 0 radical (unpaired) electrons. The van der Waals surface area contributed by atoms with Crippen LogP contribution in [0.2, 0.25) is 0 Å². The molecule has 2 unspecified atom stereocenters. The average molecular weight is 291 g/mol. The number of carbonyl (C=O) groups is 2. The molecule has 0 aliphatic heterocycles. The number of aliphatic hydroxyl groups excluding tert-OH is 1. The van der Waals surface area contributed by atoms with Crippen molar-refractivity contribution in [2.75, 3.05) is 0 Å². The molecule has 1 fully saturated rings. The number of aliphatic hydroxyl groups is 1. The first-order valence-corrected chi connectivity index (χ1v) is 7.36. The fourth-order valence-electron chi connectivity index (χ4n) is 2.77. The van der Waals surface area contributed by atoms with Crippen LogP contribution in [-0.4, -0.2) is 34.2 Å². The van der Waals surface area contributed by atoms with Gasteiger partial charge in [0.1, 0.15) is 0 Å². The third-order valence-electron chi connectivity index (χ3n) is 3.92. The second-order valence-corrected chi connectivity index (χ2v) is 5.52. The van der Waals surface area contributed by atoms with Gasteiger partial charge in [0.05, 0.1) is 24.1 Å². The molecule has 0 aromatic heterocycles. The summed E-state index contributed by atoms with van der Waals surface area (Å²) >= 11 is 0. The Morgan fingerprint density at radius 3 is 2.62 bits per heavy atom. The van der Waals surface area contributed by atoms with Gasteiger partial charge in [0.15, 0.2) is 0 Å². The van der Waals surface area contributed by atoms with Gasteiger partial charge in [-0.05, 0) is 24.5 Å². The largest absolute Gasteiger partial charge is 0.478 e. The Morgan fingerprint density at radius 1 is 1.14 bits per heavy atom. The standard InChI is InChI=1S/C16H21NO4/c18-14-9-3-1-2-8-13(14)17-15(19)10-11-6-4-5-7-12(11)16(20)21/h4-7,13-14,18H,1-3,8-10H2,(H,17,19)(H,20,21). The highest BCUT2D eigenvalue weighted by Gasteiger charge is 2.23. The van der Waals surface area contributed by atoms with Gasteiger partial charge >= 0.3 is 5.97 Å². The zero-order chi connectivity index (χ0) is 15.2. The summed E-state index contributed by atoms with van der Waals surface area (Å²) in [5.74, 6) is -1.28. The lowest BCUT2D eigenvalue weighted by Crippen LogP contribution is -2.43. The molecule has 5 nitrogen and oxygen atoms in total.